The Labute approximate surface area is 95.0 Å². The van der Waals surface area contributed by atoms with Gasteiger partial charge in [0.15, 0.2) is 6.29 Å². The molecule has 1 aromatic rings. The Morgan fingerprint density at radius 1 is 1.62 bits per heavy atom. The fourth-order valence-corrected chi connectivity index (χ4v) is 1.65. The SMILES string of the molecule is CCOC(O)c1cn(CC2CC2)nc1OC. The molecule has 1 unspecified atom stereocenters. The zero-order valence-corrected chi connectivity index (χ0v) is 9.72. The third kappa shape index (κ3) is 2.54. The van der Waals surface area contributed by atoms with E-state index < -0.39 is 6.29 Å². The molecule has 1 saturated carbocycles. The summed E-state index contributed by atoms with van der Waals surface area (Å²) in [7, 11) is 1.55. The van der Waals surface area contributed by atoms with Gasteiger partial charge in [-0.25, -0.2) is 0 Å². The first-order chi connectivity index (χ1) is 7.74. The van der Waals surface area contributed by atoms with E-state index in [0.717, 1.165) is 12.5 Å². The Morgan fingerprint density at radius 3 is 2.94 bits per heavy atom. The first-order valence-electron chi connectivity index (χ1n) is 5.65. The van der Waals surface area contributed by atoms with Crippen LogP contribution in [0.15, 0.2) is 6.20 Å². The average molecular weight is 226 g/mol. The summed E-state index contributed by atoms with van der Waals surface area (Å²) in [6, 6.07) is 0. The Balaban J connectivity index is 2.10. The molecule has 0 bridgehead atoms. The molecule has 1 fully saturated rings. The van der Waals surface area contributed by atoms with E-state index in [9.17, 15) is 5.11 Å². The molecule has 0 aliphatic heterocycles. The van der Waals surface area contributed by atoms with Crippen LogP contribution >= 0.6 is 0 Å². The molecule has 0 amide bonds. The molecule has 1 aromatic heterocycles. The minimum absolute atomic E-state index is 0.446. The fourth-order valence-electron chi connectivity index (χ4n) is 1.65. The number of hydrogen-bond acceptors (Lipinski definition) is 4. The number of methoxy groups -OCH3 is 1. The van der Waals surface area contributed by atoms with Crippen LogP contribution in [0.1, 0.15) is 31.6 Å². The van der Waals surface area contributed by atoms with Crippen molar-refractivity contribution in [3.05, 3.63) is 11.8 Å². The van der Waals surface area contributed by atoms with E-state index in [2.05, 4.69) is 5.10 Å². The van der Waals surface area contributed by atoms with Crippen LogP contribution in [0.2, 0.25) is 0 Å². The van der Waals surface area contributed by atoms with E-state index >= 15 is 0 Å². The molecule has 5 nitrogen and oxygen atoms in total. The quantitative estimate of drug-likeness (QED) is 0.743. The van der Waals surface area contributed by atoms with Gasteiger partial charge in [0, 0.05) is 19.3 Å². The Kier molecular flexibility index (Phi) is 3.46. The first-order valence-corrected chi connectivity index (χ1v) is 5.65. The van der Waals surface area contributed by atoms with Crippen LogP contribution in [0, 0.1) is 5.92 Å². The molecule has 1 aliphatic rings. The monoisotopic (exact) mass is 226 g/mol. The molecule has 0 saturated heterocycles. The Morgan fingerprint density at radius 2 is 2.38 bits per heavy atom. The number of hydrogen-bond donors (Lipinski definition) is 1. The third-order valence-electron chi connectivity index (χ3n) is 2.68. The molecular formula is C11H18N2O3. The lowest BCUT2D eigenvalue weighted by Gasteiger charge is -2.08. The van der Waals surface area contributed by atoms with Crippen molar-refractivity contribution in [3.8, 4) is 5.88 Å². The second-order valence-corrected chi connectivity index (χ2v) is 4.07. The zero-order chi connectivity index (χ0) is 11.5. The maximum atomic E-state index is 9.74. The van der Waals surface area contributed by atoms with Gasteiger partial charge in [0.1, 0.15) is 0 Å². The van der Waals surface area contributed by atoms with Crippen molar-refractivity contribution in [2.24, 2.45) is 5.92 Å². The first kappa shape index (κ1) is 11.4. The topological polar surface area (TPSA) is 56.5 Å². The smallest absolute Gasteiger partial charge is 0.240 e. The van der Waals surface area contributed by atoms with Gasteiger partial charge in [0.05, 0.1) is 12.7 Å². The molecule has 16 heavy (non-hydrogen) atoms. The summed E-state index contributed by atoms with van der Waals surface area (Å²) in [5, 5.41) is 14.0. The molecule has 0 radical (unpaired) electrons. The lowest BCUT2D eigenvalue weighted by molar-refractivity contribution is -0.0990. The average Bonchev–Trinajstić information content (AvgIpc) is 2.96. The van der Waals surface area contributed by atoms with Gasteiger partial charge in [-0.1, -0.05) is 0 Å². The Bertz CT molecular complexity index is 347. The molecule has 0 aromatic carbocycles. The summed E-state index contributed by atoms with van der Waals surface area (Å²) in [4.78, 5) is 0. The number of ether oxygens (including phenoxy) is 2. The van der Waals surface area contributed by atoms with Crippen molar-refractivity contribution in [1.82, 2.24) is 9.78 Å². The summed E-state index contributed by atoms with van der Waals surface area (Å²) in [5.74, 6) is 1.18. The van der Waals surface area contributed by atoms with E-state index in [1.165, 1.54) is 12.8 Å². The van der Waals surface area contributed by atoms with Crippen LogP contribution in [0.5, 0.6) is 5.88 Å². The maximum Gasteiger partial charge on any atom is 0.240 e. The van der Waals surface area contributed by atoms with Gasteiger partial charge in [-0.05, 0) is 25.7 Å². The van der Waals surface area contributed by atoms with E-state index in [4.69, 9.17) is 9.47 Å². The lowest BCUT2D eigenvalue weighted by atomic mass is 10.3. The predicted octanol–water partition coefficient (Wildman–Crippen LogP) is 1.33. The van der Waals surface area contributed by atoms with Gasteiger partial charge in [-0.2, -0.15) is 0 Å². The molecule has 2 rings (SSSR count). The van der Waals surface area contributed by atoms with E-state index in [-0.39, 0.29) is 0 Å². The standard InChI is InChI=1S/C11H18N2O3/c1-3-16-11(14)9-7-13(6-8-4-5-8)12-10(9)15-2/h7-8,11,14H,3-6H2,1-2H3. The van der Waals surface area contributed by atoms with Crippen molar-refractivity contribution in [1.29, 1.82) is 0 Å². The lowest BCUT2D eigenvalue weighted by Crippen LogP contribution is -2.03. The summed E-state index contributed by atoms with van der Waals surface area (Å²) in [6.45, 7) is 3.19. The fraction of sp³-hybridized carbons (Fsp3) is 0.727. The van der Waals surface area contributed by atoms with Crippen LogP contribution in [-0.2, 0) is 11.3 Å². The van der Waals surface area contributed by atoms with E-state index in [1.54, 1.807) is 13.3 Å². The van der Waals surface area contributed by atoms with Gasteiger partial charge in [-0.3, -0.25) is 4.68 Å². The molecule has 0 spiro atoms. The summed E-state index contributed by atoms with van der Waals surface area (Å²) in [5.41, 5.74) is 0.602. The van der Waals surface area contributed by atoms with Crippen molar-refractivity contribution in [2.75, 3.05) is 13.7 Å². The van der Waals surface area contributed by atoms with Crippen LogP contribution in [0.3, 0.4) is 0 Å². The number of aromatic nitrogens is 2. The second kappa shape index (κ2) is 4.84. The highest BCUT2D eigenvalue weighted by molar-refractivity contribution is 5.24. The minimum atomic E-state index is -0.951. The van der Waals surface area contributed by atoms with Crippen molar-refractivity contribution in [3.63, 3.8) is 0 Å². The highest BCUT2D eigenvalue weighted by Gasteiger charge is 2.24. The number of aliphatic hydroxyl groups is 1. The molecular weight excluding hydrogens is 208 g/mol. The van der Waals surface area contributed by atoms with E-state index in [0.29, 0.717) is 18.1 Å². The van der Waals surface area contributed by atoms with Crippen LogP contribution in [-0.4, -0.2) is 28.6 Å². The summed E-state index contributed by atoms with van der Waals surface area (Å²) in [6.07, 6.45) is 3.39. The second-order valence-electron chi connectivity index (χ2n) is 4.07. The van der Waals surface area contributed by atoms with Gasteiger partial charge in [0.2, 0.25) is 5.88 Å². The normalized spacial score (nSPS) is 17.4. The van der Waals surface area contributed by atoms with Gasteiger partial charge in [-0.15, -0.1) is 5.10 Å². The third-order valence-corrected chi connectivity index (χ3v) is 2.68. The number of aliphatic hydroxyl groups excluding tert-OH is 1. The molecule has 1 N–H and O–H groups in total. The largest absolute Gasteiger partial charge is 0.480 e. The summed E-state index contributed by atoms with van der Waals surface area (Å²) >= 11 is 0. The van der Waals surface area contributed by atoms with Gasteiger partial charge >= 0.3 is 0 Å². The summed E-state index contributed by atoms with van der Waals surface area (Å²) < 4.78 is 12.1. The molecule has 1 heterocycles. The minimum Gasteiger partial charge on any atom is -0.480 e. The number of rotatable bonds is 6. The van der Waals surface area contributed by atoms with E-state index in [1.807, 2.05) is 11.6 Å². The van der Waals surface area contributed by atoms with Crippen LogP contribution < -0.4 is 4.74 Å². The Hall–Kier alpha value is -1.07. The zero-order valence-electron chi connectivity index (χ0n) is 9.72. The van der Waals surface area contributed by atoms with Crippen molar-refractivity contribution < 1.29 is 14.6 Å². The number of nitrogens with zero attached hydrogens (tertiary/aromatic N) is 2. The molecule has 90 valence electrons. The van der Waals surface area contributed by atoms with Crippen molar-refractivity contribution >= 4 is 0 Å². The van der Waals surface area contributed by atoms with Crippen LogP contribution in [0.25, 0.3) is 0 Å². The molecule has 1 atom stereocenters. The predicted molar refractivity (Wildman–Crippen MR) is 58.1 cm³/mol. The van der Waals surface area contributed by atoms with Crippen LogP contribution in [0.4, 0.5) is 0 Å². The highest BCUT2D eigenvalue weighted by Crippen LogP contribution is 2.32. The highest BCUT2D eigenvalue weighted by atomic mass is 16.6. The van der Waals surface area contributed by atoms with Gasteiger partial charge in [0.25, 0.3) is 0 Å². The van der Waals surface area contributed by atoms with Crippen molar-refractivity contribution in [2.45, 2.75) is 32.6 Å². The maximum absolute atomic E-state index is 9.74. The molecule has 5 heteroatoms. The van der Waals surface area contributed by atoms with Gasteiger partial charge < -0.3 is 14.6 Å². The molecule has 1 aliphatic carbocycles.